The van der Waals surface area contributed by atoms with Crippen LogP contribution in [0.15, 0.2) is 46.9 Å². The molecule has 1 aromatic heterocycles. The highest BCUT2D eigenvalue weighted by molar-refractivity contribution is 7.99. The van der Waals surface area contributed by atoms with E-state index in [1.165, 1.54) is 18.1 Å². The van der Waals surface area contributed by atoms with Crippen LogP contribution in [0.1, 0.15) is 6.92 Å². The molecule has 0 atom stereocenters. The molecule has 24 heavy (non-hydrogen) atoms. The molecule has 0 fully saturated rings. The van der Waals surface area contributed by atoms with Gasteiger partial charge in [-0.05, 0) is 13.0 Å². The van der Waals surface area contributed by atoms with Gasteiger partial charge in [0.2, 0.25) is 0 Å². The van der Waals surface area contributed by atoms with Gasteiger partial charge in [-0.3, -0.25) is 0 Å². The summed E-state index contributed by atoms with van der Waals surface area (Å²) >= 11 is 1.44. The van der Waals surface area contributed by atoms with Crippen LogP contribution in [0, 0.1) is 0 Å². The summed E-state index contributed by atoms with van der Waals surface area (Å²) in [6.07, 6.45) is 1.51. The van der Waals surface area contributed by atoms with E-state index in [1.54, 1.807) is 6.92 Å². The van der Waals surface area contributed by atoms with Gasteiger partial charge in [-0.1, -0.05) is 30.0 Å². The normalized spacial score (nSPS) is 14.3. The summed E-state index contributed by atoms with van der Waals surface area (Å²) in [4.78, 5) is 32.1. The van der Waals surface area contributed by atoms with E-state index >= 15 is 0 Å². The van der Waals surface area contributed by atoms with Crippen LogP contribution >= 0.6 is 11.8 Å². The Bertz CT molecular complexity index is 817. The lowest BCUT2D eigenvalue weighted by Crippen LogP contribution is -2.44. The molecule has 2 heterocycles. The Kier molecular flexibility index (Phi) is 4.95. The van der Waals surface area contributed by atoms with E-state index < -0.39 is 5.97 Å². The molecule has 2 aromatic rings. The number of aromatic nitrogens is 2. The second-order valence-corrected chi connectivity index (χ2v) is 5.93. The molecule has 0 aliphatic carbocycles. The summed E-state index contributed by atoms with van der Waals surface area (Å²) in [7, 11) is 0. The smallest absolute Gasteiger partial charge is 0.337 e. The Morgan fingerprint density at radius 1 is 1.33 bits per heavy atom. The predicted molar refractivity (Wildman–Crippen MR) is 90.5 cm³/mol. The molecule has 2 amide bonds. The van der Waals surface area contributed by atoms with Gasteiger partial charge < -0.3 is 15.4 Å². The first-order chi connectivity index (χ1) is 11.7. The Balaban J connectivity index is 1.84. The van der Waals surface area contributed by atoms with Crippen molar-refractivity contribution in [1.29, 1.82) is 0 Å². The van der Waals surface area contributed by atoms with Crippen molar-refractivity contribution in [3.63, 3.8) is 0 Å². The van der Waals surface area contributed by atoms with Crippen molar-refractivity contribution in [2.75, 3.05) is 18.9 Å². The third-order valence-electron chi connectivity index (χ3n) is 3.44. The molecule has 0 radical (unpaired) electrons. The fraction of sp³-hybridized carbons (Fsp3) is 0.250. The van der Waals surface area contributed by atoms with Gasteiger partial charge in [0.15, 0.2) is 0 Å². The number of amides is 2. The number of hydrogen-bond acceptors (Lipinski definition) is 6. The number of nitrogens with one attached hydrogen (secondary N) is 2. The molecular formula is C16H16N4O3S. The van der Waals surface area contributed by atoms with Crippen molar-refractivity contribution >= 4 is 34.7 Å². The van der Waals surface area contributed by atoms with Crippen LogP contribution < -0.4 is 10.6 Å². The molecule has 3 rings (SSSR count). The lowest BCUT2D eigenvalue weighted by atomic mass is 10.2. The number of fused-ring (bicyclic) bond motifs is 1. The van der Waals surface area contributed by atoms with Crippen LogP contribution in [0.2, 0.25) is 0 Å². The van der Waals surface area contributed by atoms with Crippen LogP contribution in [0.4, 0.5) is 4.79 Å². The minimum absolute atomic E-state index is 0.158. The second-order valence-electron chi connectivity index (χ2n) is 4.97. The number of carbonyl (C=O) groups excluding carboxylic acids is 2. The second kappa shape index (κ2) is 7.31. The Hall–Kier alpha value is -2.61. The van der Waals surface area contributed by atoms with E-state index in [1.807, 2.05) is 24.3 Å². The first kappa shape index (κ1) is 16.3. The van der Waals surface area contributed by atoms with E-state index in [2.05, 4.69) is 20.6 Å². The monoisotopic (exact) mass is 344 g/mol. The molecule has 1 aromatic carbocycles. The number of nitrogens with zero attached hydrogens (tertiary/aromatic N) is 2. The molecule has 7 nitrogen and oxygen atoms in total. The van der Waals surface area contributed by atoms with Crippen molar-refractivity contribution in [2.45, 2.75) is 11.9 Å². The highest BCUT2D eigenvalue weighted by Crippen LogP contribution is 2.26. The lowest BCUT2D eigenvalue weighted by molar-refractivity contribution is -0.138. The average molecular weight is 344 g/mol. The standard InChI is InChI=1S/C16H16N4O3S/c1-2-23-15(21)11-7-17-16(22)20-13(11)8-24-14-10-5-3-4-6-12(10)18-9-19-14/h3-6,9H,2,7-8H2,1H3,(H2,17,20,22). The Morgan fingerprint density at radius 2 is 2.17 bits per heavy atom. The maximum absolute atomic E-state index is 12.0. The minimum Gasteiger partial charge on any atom is -0.463 e. The zero-order chi connectivity index (χ0) is 16.9. The van der Waals surface area contributed by atoms with Gasteiger partial charge in [0, 0.05) is 16.8 Å². The van der Waals surface area contributed by atoms with Gasteiger partial charge in [0.25, 0.3) is 0 Å². The molecule has 0 spiro atoms. The molecule has 1 aliphatic rings. The number of rotatable bonds is 5. The molecule has 0 saturated heterocycles. The summed E-state index contributed by atoms with van der Waals surface area (Å²) in [6.45, 7) is 2.19. The van der Waals surface area contributed by atoms with Crippen LogP contribution in [-0.4, -0.2) is 40.9 Å². The topological polar surface area (TPSA) is 93.2 Å². The van der Waals surface area contributed by atoms with Crippen LogP contribution in [-0.2, 0) is 9.53 Å². The Labute approximate surface area is 142 Å². The van der Waals surface area contributed by atoms with Gasteiger partial charge in [0.05, 0.1) is 24.2 Å². The van der Waals surface area contributed by atoms with Gasteiger partial charge in [-0.25, -0.2) is 19.6 Å². The molecule has 0 unspecified atom stereocenters. The summed E-state index contributed by atoms with van der Waals surface area (Å²) in [5.41, 5.74) is 1.83. The predicted octanol–water partition coefficient (Wildman–Crippen LogP) is 1.85. The molecule has 124 valence electrons. The average Bonchev–Trinajstić information content (AvgIpc) is 2.60. The number of benzene rings is 1. The fourth-order valence-electron chi connectivity index (χ4n) is 2.30. The van der Waals surface area contributed by atoms with E-state index in [9.17, 15) is 9.59 Å². The molecule has 0 bridgehead atoms. The van der Waals surface area contributed by atoms with E-state index in [4.69, 9.17) is 4.74 Å². The molecule has 2 N–H and O–H groups in total. The molecule has 8 heteroatoms. The number of carbonyl (C=O) groups is 2. The van der Waals surface area contributed by atoms with Crippen LogP contribution in [0.3, 0.4) is 0 Å². The minimum atomic E-state index is -0.423. The van der Waals surface area contributed by atoms with Gasteiger partial charge in [0.1, 0.15) is 11.4 Å². The zero-order valence-corrected chi connectivity index (χ0v) is 13.9. The molecular weight excluding hydrogens is 328 g/mol. The quantitative estimate of drug-likeness (QED) is 0.488. The van der Waals surface area contributed by atoms with Gasteiger partial charge in [-0.2, -0.15) is 0 Å². The highest BCUT2D eigenvalue weighted by atomic mass is 32.2. The maximum atomic E-state index is 12.0. The van der Waals surface area contributed by atoms with Gasteiger partial charge in [-0.15, -0.1) is 0 Å². The first-order valence-corrected chi connectivity index (χ1v) is 8.44. The summed E-state index contributed by atoms with van der Waals surface area (Å²) < 4.78 is 5.05. The number of para-hydroxylation sites is 1. The number of esters is 1. The van der Waals surface area contributed by atoms with Crippen molar-refractivity contribution < 1.29 is 14.3 Å². The van der Waals surface area contributed by atoms with E-state index in [0.29, 0.717) is 17.0 Å². The summed E-state index contributed by atoms with van der Waals surface area (Å²) in [5, 5.41) is 7.00. The number of hydrogen-bond donors (Lipinski definition) is 2. The summed E-state index contributed by atoms with van der Waals surface area (Å²) in [5.74, 6) is -0.0177. The van der Waals surface area contributed by atoms with Crippen molar-refractivity contribution in [3.8, 4) is 0 Å². The SMILES string of the molecule is CCOC(=O)C1=C(CSc2ncnc3ccccc23)NC(=O)NC1. The number of urea groups is 1. The third-order valence-corrected chi connectivity index (χ3v) is 4.47. The Morgan fingerprint density at radius 3 is 3.00 bits per heavy atom. The highest BCUT2D eigenvalue weighted by Gasteiger charge is 2.23. The third kappa shape index (κ3) is 3.48. The number of thioether (sulfide) groups is 1. The van der Waals surface area contributed by atoms with Crippen molar-refractivity contribution in [2.24, 2.45) is 0 Å². The van der Waals surface area contributed by atoms with E-state index in [-0.39, 0.29) is 19.2 Å². The molecule has 1 aliphatic heterocycles. The van der Waals surface area contributed by atoms with E-state index in [0.717, 1.165) is 15.9 Å². The number of ether oxygens (including phenoxy) is 1. The van der Waals surface area contributed by atoms with Crippen LogP contribution in [0.25, 0.3) is 10.9 Å². The lowest BCUT2D eigenvalue weighted by Gasteiger charge is -2.21. The molecule has 0 saturated carbocycles. The fourth-order valence-corrected chi connectivity index (χ4v) is 3.28. The first-order valence-electron chi connectivity index (χ1n) is 7.45. The summed E-state index contributed by atoms with van der Waals surface area (Å²) in [6, 6.07) is 7.37. The maximum Gasteiger partial charge on any atom is 0.337 e. The van der Waals surface area contributed by atoms with Crippen molar-refractivity contribution in [1.82, 2.24) is 20.6 Å². The largest absolute Gasteiger partial charge is 0.463 e. The van der Waals surface area contributed by atoms with Crippen LogP contribution in [0.5, 0.6) is 0 Å². The zero-order valence-electron chi connectivity index (χ0n) is 13.0. The van der Waals surface area contributed by atoms with Crippen molar-refractivity contribution in [3.05, 3.63) is 41.9 Å². The van der Waals surface area contributed by atoms with Gasteiger partial charge >= 0.3 is 12.0 Å².